The molecule has 6 nitrogen and oxygen atoms in total. The number of ether oxygens (including phenoxy) is 1. The molecule has 0 unspecified atom stereocenters. The van der Waals surface area contributed by atoms with Crippen LogP contribution in [-0.4, -0.2) is 27.3 Å². The van der Waals surface area contributed by atoms with E-state index in [0.29, 0.717) is 29.5 Å². The molecule has 0 spiro atoms. The van der Waals surface area contributed by atoms with E-state index in [9.17, 15) is 24.9 Å². The van der Waals surface area contributed by atoms with Crippen molar-refractivity contribution in [2.75, 3.05) is 0 Å². The number of benzene rings is 3. The molecule has 0 aromatic heterocycles. The van der Waals surface area contributed by atoms with Gasteiger partial charge in [0.1, 0.15) is 11.5 Å². The SMILES string of the molecule is CCCc1ccc(O)c(C2(c3c(O)ccc(CCC)c3CCC)OC(=O)c3cc(C(=O)O)ccc32)c1CCC. The van der Waals surface area contributed by atoms with Gasteiger partial charge in [-0.1, -0.05) is 71.6 Å². The van der Waals surface area contributed by atoms with E-state index in [2.05, 4.69) is 27.7 Å². The quantitative estimate of drug-likeness (QED) is 0.229. The molecule has 206 valence electrons. The van der Waals surface area contributed by atoms with E-state index in [4.69, 9.17) is 4.74 Å². The first kappa shape index (κ1) is 28.2. The van der Waals surface area contributed by atoms with Crippen LogP contribution in [0.3, 0.4) is 0 Å². The number of aromatic carboxylic acids is 1. The Morgan fingerprint density at radius 1 is 0.744 bits per heavy atom. The van der Waals surface area contributed by atoms with Crippen molar-refractivity contribution >= 4 is 11.9 Å². The van der Waals surface area contributed by atoms with Crippen LogP contribution in [-0.2, 0) is 36.0 Å². The molecule has 0 radical (unpaired) electrons. The maximum absolute atomic E-state index is 13.6. The van der Waals surface area contributed by atoms with Gasteiger partial charge in [-0.25, -0.2) is 9.59 Å². The Morgan fingerprint density at radius 3 is 1.67 bits per heavy atom. The van der Waals surface area contributed by atoms with Crippen molar-refractivity contribution in [1.29, 1.82) is 0 Å². The largest absolute Gasteiger partial charge is 0.507 e. The van der Waals surface area contributed by atoms with Crippen LogP contribution in [0.25, 0.3) is 0 Å². The highest BCUT2D eigenvalue weighted by atomic mass is 16.6. The second-order valence-electron chi connectivity index (χ2n) is 10.3. The third kappa shape index (κ3) is 4.77. The van der Waals surface area contributed by atoms with Crippen molar-refractivity contribution in [3.8, 4) is 11.5 Å². The molecule has 3 aromatic carbocycles. The normalized spacial score (nSPS) is 13.8. The van der Waals surface area contributed by atoms with Crippen LogP contribution in [0.2, 0.25) is 0 Å². The molecule has 0 amide bonds. The summed E-state index contributed by atoms with van der Waals surface area (Å²) in [5, 5.41) is 32.8. The molecule has 0 bridgehead atoms. The first-order valence-electron chi connectivity index (χ1n) is 14.0. The van der Waals surface area contributed by atoms with E-state index in [1.165, 1.54) is 12.1 Å². The number of fused-ring (bicyclic) bond motifs is 1. The van der Waals surface area contributed by atoms with Gasteiger partial charge in [0, 0.05) is 5.56 Å². The highest BCUT2D eigenvalue weighted by Gasteiger charge is 2.54. The third-order valence-corrected chi connectivity index (χ3v) is 7.63. The Labute approximate surface area is 230 Å². The zero-order chi connectivity index (χ0) is 28.3. The zero-order valence-corrected chi connectivity index (χ0v) is 23.3. The van der Waals surface area contributed by atoms with E-state index in [1.807, 2.05) is 12.1 Å². The minimum Gasteiger partial charge on any atom is -0.507 e. The lowest BCUT2D eigenvalue weighted by molar-refractivity contribution is 0.0234. The summed E-state index contributed by atoms with van der Waals surface area (Å²) < 4.78 is 6.38. The minimum absolute atomic E-state index is 0.0241. The molecule has 4 rings (SSSR count). The molecule has 1 aliphatic heterocycles. The van der Waals surface area contributed by atoms with E-state index >= 15 is 0 Å². The Hall–Kier alpha value is -3.80. The number of esters is 1. The Bertz CT molecular complexity index is 1340. The predicted molar refractivity (Wildman–Crippen MR) is 151 cm³/mol. The fourth-order valence-electron chi connectivity index (χ4n) is 6.12. The van der Waals surface area contributed by atoms with Gasteiger partial charge in [-0.2, -0.15) is 0 Å². The number of carboxylic acids is 1. The van der Waals surface area contributed by atoms with Crippen LogP contribution < -0.4 is 0 Å². The van der Waals surface area contributed by atoms with Crippen LogP contribution >= 0.6 is 0 Å². The summed E-state index contributed by atoms with van der Waals surface area (Å²) in [5.74, 6) is -1.88. The van der Waals surface area contributed by atoms with Crippen LogP contribution in [0.1, 0.15) is 113 Å². The number of carbonyl (C=O) groups is 2. The van der Waals surface area contributed by atoms with Crippen LogP contribution in [0.4, 0.5) is 0 Å². The number of cyclic esters (lactones) is 1. The maximum atomic E-state index is 13.6. The average Bonchev–Trinajstić information content (AvgIpc) is 3.19. The fourth-order valence-corrected chi connectivity index (χ4v) is 6.12. The van der Waals surface area contributed by atoms with Gasteiger partial charge in [-0.15, -0.1) is 0 Å². The van der Waals surface area contributed by atoms with Gasteiger partial charge in [0.2, 0.25) is 0 Å². The molecule has 3 N–H and O–H groups in total. The predicted octanol–water partition coefficient (Wildman–Crippen LogP) is 7.07. The number of hydrogen-bond acceptors (Lipinski definition) is 5. The van der Waals surface area contributed by atoms with Gasteiger partial charge < -0.3 is 20.1 Å². The van der Waals surface area contributed by atoms with Gasteiger partial charge in [0.15, 0.2) is 5.60 Å². The standard InChI is InChI=1S/C33H38O6/c1-5-9-20-14-17-27(34)29(23(20)11-7-3)33(26-16-13-22(31(36)37)19-25(26)32(38)39-33)30-24(12-8-4)21(10-6-2)15-18-28(30)35/h13-19,34-35H,5-12H2,1-4H3,(H,36,37). The molecule has 0 saturated carbocycles. The maximum Gasteiger partial charge on any atom is 0.340 e. The van der Waals surface area contributed by atoms with Gasteiger partial charge in [0.25, 0.3) is 0 Å². The van der Waals surface area contributed by atoms with Crippen molar-refractivity contribution in [2.24, 2.45) is 0 Å². The molecule has 1 heterocycles. The van der Waals surface area contributed by atoms with Gasteiger partial charge >= 0.3 is 11.9 Å². The van der Waals surface area contributed by atoms with E-state index in [0.717, 1.165) is 60.8 Å². The molecule has 0 atom stereocenters. The van der Waals surface area contributed by atoms with Gasteiger partial charge in [-0.05, 0) is 72.2 Å². The van der Waals surface area contributed by atoms with Crippen molar-refractivity contribution in [3.05, 3.63) is 92.5 Å². The van der Waals surface area contributed by atoms with Crippen LogP contribution in [0, 0.1) is 0 Å². The van der Waals surface area contributed by atoms with E-state index in [-0.39, 0.29) is 22.6 Å². The number of carbonyl (C=O) groups excluding carboxylic acids is 1. The van der Waals surface area contributed by atoms with Crippen LogP contribution in [0.15, 0.2) is 42.5 Å². The molecule has 39 heavy (non-hydrogen) atoms. The molecular formula is C33H38O6. The lowest BCUT2D eigenvalue weighted by Crippen LogP contribution is -2.33. The summed E-state index contributed by atoms with van der Waals surface area (Å²) in [6, 6.07) is 11.5. The molecule has 1 aliphatic rings. The van der Waals surface area contributed by atoms with Crippen molar-refractivity contribution < 1.29 is 29.6 Å². The number of phenolic OH excluding ortho intramolecular Hbond substituents is 2. The number of aryl methyl sites for hydroxylation is 2. The van der Waals surface area contributed by atoms with Crippen molar-refractivity contribution in [2.45, 2.75) is 84.7 Å². The first-order valence-corrected chi connectivity index (χ1v) is 14.0. The summed E-state index contributed by atoms with van der Waals surface area (Å²) in [4.78, 5) is 25.4. The number of hydrogen-bond donors (Lipinski definition) is 3. The molecule has 6 heteroatoms. The average molecular weight is 531 g/mol. The molecular weight excluding hydrogens is 492 g/mol. The smallest absolute Gasteiger partial charge is 0.340 e. The number of rotatable bonds is 11. The first-order chi connectivity index (χ1) is 18.7. The second-order valence-corrected chi connectivity index (χ2v) is 10.3. The van der Waals surface area contributed by atoms with Gasteiger partial charge in [0.05, 0.1) is 22.3 Å². The summed E-state index contributed by atoms with van der Waals surface area (Å²) in [5.41, 5.74) is 3.69. The van der Waals surface area contributed by atoms with Crippen LogP contribution in [0.5, 0.6) is 11.5 Å². The second kappa shape index (κ2) is 11.5. The zero-order valence-electron chi connectivity index (χ0n) is 23.3. The van der Waals surface area contributed by atoms with E-state index in [1.54, 1.807) is 18.2 Å². The molecule has 0 fully saturated rings. The number of carboxylic acid groups (broad SMARTS) is 1. The van der Waals surface area contributed by atoms with E-state index < -0.39 is 17.5 Å². The highest BCUT2D eigenvalue weighted by Crippen LogP contribution is 2.55. The summed E-state index contributed by atoms with van der Waals surface area (Å²) in [6.45, 7) is 8.31. The number of aromatic hydroxyl groups is 2. The Morgan fingerprint density at radius 2 is 1.23 bits per heavy atom. The Kier molecular flexibility index (Phi) is 8.34. The summed E-state index contributed by atoms with van der Waals surface area (Å²) in [7, 11) is 0. The molecule has 0 saturated heterocycles. The minimum atomic E-state index is -1.64. The topological polar surface area (TPSA) is 104 Å². The monoisotopic (exact) mass is 530 g/mol. The Balaban J connectivity index is 2.23. The van der Waals surface area contributed by atoms with Crippen molar-refractivity contribution in [1.82, 2.24) is 0 Å². The lowest BCUT2D eigenvalue weighted by Gasteiger charge is -2.36. The number of phenols is 2. The van der Waals surface area contributed by atoms with Crippen molar-refractivity contribution in [3.63, 3.8) is 0 Å². The third-order valence-electron chi connectivity index (χ3n) is 7.63. The molecule has 0 aliphatic carbocycles. The molecule has 3 aromatic rings. The summed E-state index contributed by atoms with van der Waals surface area (Å²) in [6.07, 6.45) is 6.22. The summed E-state index contributed by atoms with van der Waals surface area (Å²) >= 11 is 0. The fraction of sp³-hybridized carbons (Fsp3) is 0.394. The highest BCUT2D eigenvalue weighted by molar-refractivity contribution is 6.00. The lowest BCUT2D eigenvalue weighted by atomic mass is 9.72. The van der Waals surface area contributed by atoms with Gasteiger partial charge in [-0.3, -0.25) is 0 Å².